The lowest BCUT2D eigenvalue weighted by Gasteiger charge is -2.26. The van der Waals surface area contributed by atoms with Crippen molar-refractivity contribution in [3.63, 3.8) is 0 Å². The monoisotopic (exact) mass is 608 g/mol. The van der Waals surface area contributed by atoms with Crippen LogP contribution in [0.1, 0.15) is 26.7 Å². The topological polar surface area (TPSA) is 59.8 Å². The summed E-state index contributed by atoms with van der Waals surface area (Å²) in [6.07, 6.45) is 2.13. The Bertz CT molecular complexity index is 1720. The van der Waals surface area contributed by atoms with Gasteiger partial charge in [0.15, 0.2) is 0 Å². The van der Waals surface area contributed by atoms with Crippen molar-refractivity contribution in [1.29, 1.82) is 0 Å². The lowest BCUT2D eigenvalue weighted by atomic mass is 10.0. The summed E-state index contributed by atoms with van der Waals surface area (Å²) in [5, 5.41) is 7.21. The van der Waals surface area contributed by atoms with Crippen LogP contribution in [0, 0.1) is 0 Å². The predicted octanol–water partition coefficient (Wildman–Crippen LogP) is 7.12. The molecule has 1 saturated heterocycles. The van der Waals surface area contributed by atoms with Crippen molar-refractivity contribution in [2.45, 2.75) is 26.7 Å². The van der Waals surface area contributed by atoms with Crippen LogP contribution >= 0.6 is 11.3 Å². The molecule has 1 fully saturated rings. The van der Waals surface area contributed by atoms with Crippen molar-refractivity contribution in [2.24, 2.45) is 0 Å². The lowest BCUT2D eigenvalue weighted by Crippen LogP contribution is -2.36. The molecular weight excluding hydrogens is 568 g/mol. The van der Waals surface area contributed by atoms with Crippen molar-refractivity contribution >= 4 is 27.8 Å². The van der Waals surface area contributed by atoms with E-state index in [1.54, 1.807) is 16.0 Å². The van der Waals surface area contributed by atoms with E-state index in [1.165, 1.54) is 5.69 Å². The zero-order valence-electron chi connectivity index (χ0n) is 25.6. The summed E-state index contributed by atoms with van der Waals surface area (Å²) in [5.41, 5.74) is 3.94. The second-order valence-corrected chi connectivity index (χ2v) is 12.1. The fraction of sp³-hybridized carbons (Fsp3) is 0.333. The molecule has 0 atom stereocenters. The van der Waals surface area contributed by atoms with E-state index in [0.29, 0.717) is 12.0 Å². The van der Waals surface area contributed by atoms with Gasteiger partial charge < -0.3 is 14.4 Å². The summed E-state index contributed by atoms with van der Waals surface area (Å²) in [6.45, 7) is 11.8. The number of nitrogens with zero attached hydrogens (tertiary/aromatic N) is 4. The van der Waals surface area contributed by atoms with E-state index in [1.807, 2.05) is 54.6 Å². The van der Waals surface area contributed by atoms with Crippen LogP contribution in [-0.4, -0.2) is 67.2 Å². The maximum atomic E-state index is 13.6. The van der Waals surface area contributed by atoms with Gasteiger partial charge in [-0.3, -0.25) is 9.69 Å². The second kappa shape index (κ2) is 14.2. The normalized spacial score (nSPS) is 13.8. The van der Waals surface area contributed by atoms with E-state index in [9.17, 15) is 4.79 Å². The Hall–Kier alpha value is -3.98. The maximum absolute atomic E-state index is 13.6. The highest BCUT2D eigenvalue weighted by molar-refractivity contribution is 7.17. The molecule has 0 radical (unpaired) electrons. The molecule has 2 aromatic heterocycles. The van der Waals surface area contributed by atoms with Crippen LogP contribution in [0.5, 0.6) is 5.75 Å². The van der Waals surface area contributed by atoms with Crippen molar-refractivity contribution in [3.05, 3.63) is 95.3 Å². The first-order valence-corrected chi connectivity index (χ1v) is 16.5. The Balaban J connectivity index is 1.20. The summed E-state index contributed by atoms with van der Waals surface area (Å²) in [4.78, 5) is 19.5. The van der Waals surface area contributed by atoms with Crippen LogP contribution in [0.4, 0.5) is 5.69 Å². The predicted molar refractivity (Wildman–Crippen MR) is 182 cm³/mol. The number of thiophene rings is 1. The van der Waals surface area contributed by atoms with Crippen molar-refractivity contribution in [2.75, 3.05) is 57.4 Å². The minimum atomic E-state index is -0.119. The van der Waals surface area contributed by atoms with E-state index < -0.39 is 0 Å². The number of ether oxygens (including phenoxy) is 2. The van der Waals surface area contributed by atoms with Gasteiger partial charge >= 0.3 is 0 Å². The Morgan fingerprint density at radius 2 is 1.55 bits per heavy atom. The molecule has 8 heteroatoms. The van der Waals surface area contributed by atoms with Crippen LogP contribution in [0.3, 0.4) is 0 Å². The van der Waals surface area contributed by atoms with E-state index in [0.717, 1.165) is 96.6 Å². The number of benzene rings is 3. The molecule has 0 N–H and O–H groups in total. The number of hydrogen-bond acceptors (Lipinski definition) is 7. The minimum absolute atomic E-state index is 0.119. The molecule has 0 amide bonds. The Morgan fingerprint density at radius 3 is 2.27 bits per heavy atom. The SMILES string of the molecule is CCN(CC)c1ccc(-c2ccc(-n3nc(-c4ccc(OCCCCN5CCOCC5)cc4)c4ccccc4c3=O)s2)cc1. The third kappa shape index (κ3) is 6.73. The van der Waals surface area contributed by atoms with E-state index in [2.05, 4.69) is 54.0 Å². The third-order valence-corrected chi connectivity index (χ3v) is 9.36. The quantitative estimate of drug-likeness (QED) is 0.141. The number of unbranched alkanes of at least 4 members (excludes halogenated alkanes) is 1. The van der Waals surface area contributed by atoms with E-state index in [4.69, 9.17) is 14.6 Å². The largest absolute Gasteiger partial charge is 0.494 e. The van der Waals surface area contributed by atoms with Crippen LogP contribution in [0.15, 0.2) is 89.7 Å². The molecule has 3 aromatic carbocycles. The minimum Gasteiger partial charge on any atom is -0.494 e. The van der Waals surface area contributed by atoms with Crippen molar-refractivity contribution in [1.82, 2.24) is 14.7 Å². The summed E-state index contributed by atoms with van der Waals surface area (Å²) in [7, 11) is 0. The molecule has 1 aliphatic heterocycles. The van der Waals surface area contributed by atoms with Gasteiger partial charge in [-0.25, -0.2) is 0 Å². The molecule has 228 valence electrons. The molecule has 0 spiro atoms. The Labute approximate surface area is 263 Å². The molecular formula is C36H40N4O3S. The lowest BCUT2D eigenvalue weighted by molar-refractivity contribution is 0.0368. The molecule has 0 aliphatic carbocycles. The molecule has 44 heavy (non-hydrogen) atoms. The van der Waals surface area contributed by atoms with Crippen LogP contribution in [0.25, 0.3) is 37.5 Å². The zero-order chi connectivity index (χ0) is 30.3. The van der Waals surface area contributed by atoms with Crippen LogP contribution in [0.2, 0.25) is 0 Å². The first-order valence-electron chi connectivity index (χ1n) is 15.7. The molecule has 0 bridgehead atoms. The highest BCUT2D eigenvalue weighted by Crippen LogP contribution is 2.33. The van der Waals surface area contributed by atoms with Gasteiger partial charge in [0.05, 0.1) is 30.9 Å². The molecule has 0 saturated carbocycles. The maximum Gasteiger partial charge on any atom is 0.280 e. The molecule has 5 aromatic rings. The van der Waals surface area contributed by atoms with Gasteiger partial charge in [-0.2, -0.15) is 9.78 Å². The molecule has 6 rings (SSSR count). The first kappa shape index (κ1) is 30.1. The summed E-state index contributed by atoms with van der Waals surface area (Å²) < 4.78 is 13.0. The number of anilines is 1. The number of morpholine rings is 1. The summed E-state index contributed by atoms with van der Waals surface area (Å²) in [5.74, 6) is 0.840. The average molecular weight is 609 g/mol. The van der Waals surface area contributed by atoms with Gasteiger partial charge in [0.1, 0.15) is 10.8 Å². The Kier molecular flexibility index (Phi) is 9.70. The van der Waals surface area contributed by atoms with Crippen LogP contribution in [-0.2, 0) is 4.74 Å². The molecule has 3 heterocycles. The standard InChI is InChI=1S/C36H40N4O3S/c1-3-39(4-2)29-15-11-27(12-16-29)33-19-20-34(44-33)40-36(41)32-10-6-5-9-31(32)35(37-40)28-13-17-30(18-14-28)43-24-8-7-21-38-22-25-42-26-23-38/h5-6,9-20H,3-4,7-8,21-26H2,1-2H3. The Morgan fingerprint density at radius 1 is 0.841 bits per heavy atom. The molecule has 7 nitrogen and oxygen atoms in total. The average Bonchev–Trinajstić information content (AvgIpc) is 3.57. The van der Waals surface area contributed by atoms with E-state index in [-0.39, 0.29) is 5.56 Å². The van der Waals surface area contributed by atoms with Gasteiger partial charge in [-0.05, 0) is 93.4 Å². The van der Waals surface area contributed by atoms with Gasteiger partial charge in [0.2, 0.25) is 0 Å². The van der Waals surface area contributed by atoms with Gasteiger partial charge in [-0.1, -0.05) is 30.3 Å². The van der Waals surface area contributed by atoms with Crippen molar-refractivity contribution in [3.8, 4) is 32.4 Å². The second-order valence-electron chi connectivity index (χ2n) is 11.0. The fourth-order valence-corrected chi connectivity index (χ4v) is 6.70. The van der Waals surface area contributed by atoms with Gasteiger partial charge in [-0.15, -0.1) is 11.3 Å². The van der Waals surface area contributed by atoms with Crippen LogP contribution < -0.4 is 15.2 Å². The number of hydrogen-bond donors (Lipinski definition) is 0. The van der Waals surface area contributed by atoms with Gasteiger partial charge in [0, 0.05) is 47.7 Å². The number of aromatic nitrogens is 2. The molecule has 1 aliphatic rings. The summed E-state index contributed by atoms with van der Waals surface area (Å²) >= 11 is 1.57. The molecule has 0 unspecified atom stereocenters. The van der Waals surface area contributed by atoms with Crippen molar-refractivity contribution < 1.29 is 9.47 Å². The van der Waals surface area contributed by atoms with E-state index >= 15 is 0 Å². The number of rotatable bonds is 12. The number of fused-ring (bicyclic) bond motifs is 1. The smallest absolute Gasteiger partial charge is 0.280 e. The highest BCUT2D eigenvalue weighted by Gasteiger charge is 2.16. The third-order valence-electron chi connectivity index (χ3n) is 8.25. The summed E-state index contributed by atoms with van der Waals surface area (Å²) in [6, 6.07) is 28.5. The highest BCUT2D eigenvalue weighted by atomic mass is 32.1. The first-order chi connectivity index (χ1) is 21.6. The zero-order valence-corrected chi connectivity index (χ0v) is 26.4. The van der Waals surface area contributed by atoms with Gasteiger partial charge in [0.25, 0.3) is 5.56 Å². The fourth-order valence-electron chi connectivity index (χ4n) is 5.74.